The molecule has 0 fully saturated rings. The van der Waals surface area contributed by atoms with Crippen molar-refractivity contribution in [3.05, 3.63) is 0 Å². The Labute approximate surface area is 76.3 Å². The first-order valence-corrected chi connectivity index (χ1v) is 3.99. The van der Waals surface area contributed by atoms with Crippen LogP contribution in [0.15, 0.2) is 5.10 Å². The lowest BCUT2D eigenvalue weighted by Crippen LogP contribution is -2.41. The van der Waals surface area contributed by atoms with E-state index in [9.17, 15) is 9.59 Å². The van der Waals surface area contributed by atoms with Gasteiger partial charge in [-0.05, 0) is 0 Å². The van der Waals surface area contributed by atoms with Crippen LogP contribution in [0.3, 0.4) is 0 Å². The number of nitrogens with zero attached hydrogens (tertiary/aromatic N) is 2. The number of carbonyl (C=O) groups excluding carboxylic acids is 2. The molecule has 0 spiro atoms. The number of hydrazone groups is 1. The summed E-state index contributed by atoms with van der Waals surface area (Å²) in [4.78, 5) is 22.3. The number of rotatable bonds is 1. The van der Waals surface area contributed by atoms with Crippen molar-refractivity contribution in [3.8, 4) is 0 Å². The van der Waals surface area contributed by atoms with Crippen LogP contribution < -0.4 is 0 Å². The normalized spacial score (nSPS) is 26.2. The zero-order valence-electron chi connectivity index (χ0n) is 7.85. The Bertz CT molecular complexity index is 262. The Morgan fingerprint density at radius 2 is 2.15 bits per heavy atom. The van der Waals surface area contributed by atoms with Crippen LogP contribution in [0.4, 0.5) is 0 Å². The molecule has 13 heavy (non-hydrogen) atoms. The van der Waals surface area contributed by atoms with E-state index in [1.54, 1.807) is 6.21 Å². The predicted molar refractivity (Wildman–Crippen MR) is 46.0 cm³/mol. The maximum atomic E-state index is 11.2. The van der Waals surface area contributed by atoms with E-state index in [1.807, 2.05) is 6.92 Å². The van der Waals surface area contributed by atoms with Crippen LogP contribution in [-0.2, 0) is 14.3 Å². The zero-order valence-corrected chi connectivity index (χ0v) is 7.85. The minimum atomic E-state index is -0.595. The smallest absolute Gasteiger partial charge is 0.331 e. The third-order valence-electron chi connectivity index (χ3n) is 1.95. The Morgan fingerprint density at radius 1 is 1.54 bits per heavy atom. The van der Waals surface area contributed by atoms with E-state index >= 15 is 0 Å². The van der Waals surface area contributed by atoms with Gasteiger partial charge in [0.15, 0.2) is 6.04 Å². The summed E-state index contributed by atoms with van der Waals surface area (Å²) in [6.07, 6.45) is 1.57. The number of amides is 1. The first-order valence-electron chi connectivity index (χ1n) is 3.99. The molecule has 0 radical (unpaired) electrons. The van der Waals surface area contributed by atoms with Gasteiger partial charge in [-0.1, -0.05) is 6.92 Å². The molecule has 1 aliphatic heterocycles. The number of carbonyl (C=O) groups is 2. The van der Waals surface area contributed by atoms with E-state index < -0.39 is 12.0 Å². The molecule has 0 aliphatic carbocycles. The average molecular weight is 184 g/mol. The van der Waals surface area contributed by atoms with Gasteiger partial charge in [0.05, 0.1) is 7.11 Å². The number of methoxy groups -OCH3 is 1. The molecule has 1 heterocycles. The van der Waals surface area contributed by atoms with Gasteiger partial charge in [0.2, 0.25) is 5.91 Å². The molecular weight excluding hydrogens is 172 g/mol. The van der Waals surface area contributed by atoms with Crippen molar-refractivity contribution in [2.45, 2.75) is 19.9 Å². The topological polar surface area (TPSA) is 59.0 Å². The minimum Gasteiger partial charge on any atom is -0.467 e. The molecule has 1 aliphatic rings. The number of ether oxygens (including phenoxy) is 1. The highest BCUT2D eigenvalue weighted by atomic mass is 16.5. The fourth-order valence-corrected chi connectivity index (χ4v) is 1.27. The molecular formula is C8H12N2O3. The molecule has 72 valence electrons. The van der Waals surface area contributed by atoms with Crippen LogP contribution in [0.1, 0.15) is 13.8 Å². The summed E-state index contributed by atoms with van der Waals surface area (Å²) in [6.45, 7) is 3.18. The number of hydrogen-bond acceptors (Lipinski definition) is 4. The fourth-order valence-electron chi connectivity index (χ4n) is 1.27. The van der Waals surface area contributed by atoms with Gasteiger partial charge in [0.1, 0.15) is 0 Å². The molecule has 0 aromatic heterocycles. The van der Waals surface area contributed by atoms with Crippen LogP contribution in [0.25, 0.3) is 0 Å². The minimum absolute atomic E-state index is 0.0867. The van der Waals surface area contributed by atoms with Crippen molar-refractivity contribution in [2.75, 3.05) is 7.11 Å². The van der Waals surface area contributed by atoms with E-state index in [1.165, 1.54) is 14.0 Å². The summed E-state index contributed by atoms with van der Waals surface area (Å²) in [5.74, 6) is -0.771. The SMILES string of the molecule is COC(=O)C1C(C)C=NN1C(C)=O. The molecule has 2 atom stereocenters. The second-order valence-electron chi connectivity index (χ2n) is 2.96. The monoisotopic (exact) mass is 184 g/mol. The Hall–Kier alpha value is -1.39. The summed E-state index contributed by atoms with van der Waals surface area (Å²) in [5, 5.41) is 4.97. The van der Waals surface area contributed by atoms with Crippen LogP contribution in [0.5, 0.6) is 0 Å². The van der Waals surface area contributed by atoms with E-state index in [-0.39, 0.29) is 11.8 Å². The third-order valence-corrected chi connectivity index (χ3v) is 1.95. The van der Waals surface area contributed by atoms with Gasteiger partial charge in [-0.25, -0.2) is 9.80 Å². The van der Waals surface area contributed by atoms with Gasteiger partial charge in [-0.2, -0.15) is 5.10 Å². The van der Waals surface area contributed by atoms with Crippen molar-refractivity contribution in [2.24, 2.45) is 11.0 Å². The Balaban J connectivity index is 2.81. The van der Waals surface area contributed by atoms with Crippen LogP contribution in [0, 0.1) is 5.92 Å². The first-order chi connectivity index (χ1) is 6.07. The molecule has 1 amide bonds. The van der Waals surface area contributed by atoms with E-state index in [4.69, 9.17) is 0 Å². The predicted octanol–water partition coefficient (Wildman–Crippen LogP) is 0.0120. The van der Waals surface area contributed by atoms with Crippen LogP contribution >= 0.6 is 0 Å². The summed E-state index contributed by atoms with van der Waals surface area (Å²) in [6, 6.07) is -0.595. The second kappa shape index (κ2) is 3.55. The van der Waals surface area contributed by atoms with Gasteiger partial charge in [0, 0.05) is 19.1 Å². The van der Waals surface area contributed by atoms with Gasteiger partial charge in [-0.15, -0.1) is 0 Å². The van der Waals surface area contributed by atoms with Crippen molar-refractivity contribution >= 4 is 18.1 Å². The third kappa shape index (κ3) is 1.68. The molecule has 0 N–H and O–H groups in total. The summed E-state index contributed by atoms with van der Waals surface area (Å²) >= 11 is 0. The molecule has 0 saturated heterocycles. The molecule has 0 bridgehead atoms. The summed E-state index contributed by atoms with van der Waals surface area (Å²) in [7, 11) is 1.30. The lowest BCUT2D eigenvalue weighted by atomic mass is 10.0. The zero-order chi connectivity index (χ0) is 10.0. The highest BCUT2D eigenvalue weighted by molar-refractivity contribution is 5.89. The van der Waals surface area contributed by atoms with Gasteiger partial charge in [-0.3, -0.25) is 4.79 Å². The van der Waals surface area contributed by atoms with Crippen molar-refractivity contribution < 1.29 is 14.3 Å². The summed E-state index contributed by atoms with van der Waals surface area (Å²) in [5.41, 5.74) is 0. The molecule has 5 nitrogen and oxygen atoms in total. The van der Waals surface area contributed by atoms with E-state index in [2.05, 4.69) is 9.84 Å². The first kappa shape index (κ1) is 9.70. The second-order valence-corrected chi connectivity index (χ2v) is 2.96. The molecule has 0 aromatic rings. The van der Waals surface area contributed by atoms with E-state index in [0.717, 1.165) is 5.01 Å². The largest absolute Gasteiger partial charge is 0.467 e. The lowest BCUT2D eigenvalue weighted by molar-refractivity contribution is -0.152. The average Bonchev–Trinajstić information content (AvgIpc) is 2.46. The number of hydrogen-bond donors (Lipinski definition) is 0. The summed E-state index contributed by atoms with van der Waals surface area (Å²) < 4.78 is 4.57. The maximum absolute atomic E-state index is 11.2. The van der Waals surface area contributed by atoms with E-state index in [0.29, 0.717) is 0 Å². The molecule has 0 aromatic carbocycles. The molecule has 1 rings (SSSR count). The highest BCUT2D eigenvalue weighted by Gasteiger charge is 2.37. The highest BCUT2D eigenvalue weighted by Crippen LogP contribution is 2.18. The lowest BCUT2D eigenvalue weighted by Gasteiger charge is -2.20. The van der Waals surface area contributed by atoms with Crippen LogP contribution in [0.2, 0.25) is 0 Å². The molecule has 5 heteroatoms. The van der Waals surface area contributed by atoms with Gasteiger partial charge in [0.25, 0.3) is 0 Å². The Kier molecular flexibility index (Phi) is 2.65. The molecule has 0 saturated carbocycles. The fraction of sp³-hybridized carbons (Fsp3) is 0.625. The van der Waals surface area contributed by atoms with Crippen molar-refractivity contribution in [1.82, 2.24) is 5.01 Å². The van der Waals surface area contributed by atoms with Crippen molar-refractivity contribution in [3.63, 3.8) is 0 Å². The van der Waals surface area contributed by atoms with Gasteiger partial charge < -0.3 is 4.74 Å². The Morgan fingerprint density at radius 3 is 2.62 bits per heavy atom. The quantitative estimate of drug-likeness (QED) is 0.539. The van der Waals surface area contributed by atoms with Crippen molar-refractivity contribution in [1.29, 1.82) is 0 Å². The standard InChI is InChI=1S/C8H12N2O3/c1-5-4-9-10(6(2)11)7(5)8(12)13-3/h4-5,7H,1-3H3. The molecule has 2 unspecified atom stereocenters. The number of esters is 1. The maximum Gasteiger partial charge on any atom is 0.331 e. The van der Waals surface area contributed by atoms with Crippen LogP contribution in [-0.4, -0.2) is 36.3 Å². The van der Waals surface area contributed by atoms with Gasteiger partial charge >= 0.3 is 5.97 Å².